The van der Waals surface area contributed by atoms with E-state index in [0.717, 1.165) is 27.3 Å². The van der Waals surface area contributed by atoms with Crippen molar-refractivity contribution in [1.82, 2.24) is 0 Å². The third-order valence-corrected chi connectivity index (χ3v) is 47.1. The SMILES string of the molecule is CC[O][Ge]([CH3])([CH3])[CH2]Br.CC[O][Ge]([CH3])([CH3])[CH2][Sn]([O]CC)([O]CC)[O]CC.CC[O][Ge]([CH3])([CH3])[Cl].[Cl][Ge]([Cl])([Cl])[Cl]. The quantitative estimate of drug-likeness (QED) is 0.121. The van der Waals surface area contributed by atoms with Crippen LogP contribution in [0.25, 0.3) is 0 Å². The molecule has 0 N–H and O–H groups in total. The summed E-state index contributed by atoms with van der Waals surface area (Å²) in [7, 11) is 22.7. The molecule has 0 fully saturated rings. The maximum atomic E-state index is 5.93. The Kier molecular flexibility index (Phi) is 35.5. The summed E-state index contributed by atoms with van der Waals surface area (Å²) >= 11 is -5.97. The number of halogens is 6. The second kappa shape index (κ2) is 27.0. The zero-order valence-electron chi connectivity index (χ0n) is 24.9. The monoisotopic (exact) mass is 1060 g/mol. The van der Waals surface area contributed by atoms with Gasteiger partial charge in [0.25, 0.3) is 0 Å². The second-order valence-corrected chi connectivity index (χ2v) is 71.4. The van der Waals surface area contributed by atoms with Gasteiger partial charge < -0.3 is 0 Å². The van der Waals surface area contributed by atoms with Crippen molar-refractivity contribution in [3.05, 3.63) is 0 Å². The van der Waals surface area contributed by atoms with Crippen LogP contribution >= 0.6 is 66.0 Å². The molecule has 17 heteroatoms. The van der Waals surface area contributed by atoms with Gasteiger partial charge in [-0.05, 0) is 0 Å². The molecule has 0 bridgehead atoms. The molecule has 0 rings (SSSR count). The van der Waals surface area contributed by atoms with Crippen molar-refractivity contribution in [3.63, 3.8) is 0 Å². The summed E-state index contributed by atoms with van der Waals surface area (Å²) in [6, 6.07) is 0. The van der Waals surface area contributed by atoms with Crippen LogP contribution in [0.1, 0.15) is 41.5 Å². The van der Waals surface area contributed by atoms with E-state index >= 15 is 0 Å². The molecule has 0 aromatic heterocycles. The Labute approximate surface area is 274 Å². The van der Waals surface area contributed by atoms with Crippen LogP contribution in [0.15, 0.2) is 0 Å². The predicted octanol–water partition coefficient (Wildman–Crippen LogP) is 9.32. The molecule has 0 aliphatic carbocycles. The van der Waals surface area contributed by atoms with Crippen LogP contribution in [-0.2, 0) is 20.5 Å². The summed E-state index contributed by atoms with van der Waals surface area (Å²) < 4.78 is 36.4. The molecule has 6 nitrogen and oxygen atoms in total. The molecular weight excluding hydrogens is 1000 g/mol. The summed E-state index contributed by atoms with van der Waals surface area (Å²) in [5.74, 6) is 13.0. The zero-order valence-corrected chi connectivity index (χ0v) is 41.5. The molecule has 0 aliphatic rings. The van der Waals surface area contributed by atoms with Crippen molar-refractivity contribution in [2.45, 2.75) is 79.3 Å². The van der Waals surface area contributed by atoms with E-state index in [0.29, 0.717) is 19.8 Å². The van der Waals surface area contributed by atoms with Gasteiger partial charge in [0.15, 0.2) is 0 Å². The molecule has 0 radical (unpaired) electrons. The Morgan fingerprint density at radius 1 is 0.541 bits per heavy atom. The Balaban J connectivity index is -0.000000225. The molecule has 230 valence electrons. The van der Waals surface area contributed by atoms with Crippen molar-refractivity contribution in [2.24, 2.45) is 0 Å². The first-order valence-electron chi connectivity index (χ1n) is 12.5. The van der Waals surface area contributed by atoms with E-state index in [1.807, 2.05) is 46.1 Å². The van der Waals surface area contributed by atoms with Gasteiger partial charge in [0.05, 0.1) is 0 Å². The number of hydrogen-bond acceptors (Lipinski definition) is 6. The molecular formula is C20H52BrCl5Ge4O6Sn. The van der Waals surface area contributed by atoms with E-state index < -0.39 is 69.0 Å². The van der Waals surface area contributed by atoms with Crippen molar-refractivity contribution in [2.75, 3.05) is 43.8 Å². The maximum absolute atomic E-state index is 5.93. The van der Waals surface area contributed by atoms with Crippen molar-refractivity contribution >= 4 is 135 Å². The topological polar surface area (TPSA) is 55.4 Å². The van der Waals surface area contributed by atoms with Crippen LogP contribution in [0, 0.1) is 0 Å². The molecule has 0 saturated heterocycles. The first kappa shape index (κ1) is 48.6. The molecule has 0 aromatic rings. The average molecular weight is 1050 g/mol. The molecule has 37 heavy (non-hydrogen) atoms. The van der Waals surface area contributed by atoms with E-state index in [9.17, 15) is 0 Å². The van der Waals surface area contributed by atoms with Gasteiger partial charge in [0.1, 0.15) is 0 Å². The molecule has 0 unspecified atom stereocenters. The second-order valence-electron chi connectivity index (χ2n) is 8.90. The van der Waals surface area contributed by atoms with Crippen LogP contribution in [0.2, 0.25) is 37.8 Å². The van der Waals surface area contributed by atoms with E-state index in [1.54, 1.807) is 0 Å². The number of rotatable bonds is 15. The summed E-state index contributed by atoms with van der Waals surface area (Å²) in [6.45, 7) is 16.5. The van der Waals surface area contributed by atoms with Gasteiger partial charge in [0.2, 0.25) is 0 Å². The van der Waals surface area contributed by atoms with Gasteiger partial charge in [-0.25, -0.2) is 0 Å². The molecule has 0 amide bonds. The van der Waals surface area contributed by atoms with Crippen LogP contribution in [-0.4, -0.2) is 113 Å². The van der Waals surface area contributed by atoms with Crippen molar-refractivity contribution < 1.29 is 20.5 Å². The van der Waals surface area contributed by atoms with Crippen LogP contribution in [0.5, 0.6) is 0 Å². The van der Waals surface area contributed by atoms with Gasteiger partial charge >= 0.3 is 279 Å². The Morgan fingerprint density at radius 3 is 1.00 bits per heavy atom. The van der Waals surface area contributed by atoms with Crippen LogP contribution in [0.4, 0.5) is 0 Å². The van der Waals surface area contributed by atoms with E-state index in [2.05, 4.69) is 45.9 Å². The first-order valence-corrected chi connectivity index (χ1v) is 51.0. The van der Waals surface area contributed by atoms with Crippen molar-refractivity contribution in [1.29, 1.82) is 0 Å². The minimum atomic E-state index is -3.33. The zero-order chi connectivity index (χ0) is 30.4. The number of hydrogen-bond donors (Lipinski definition) is 0. The van der Waals surface area contributed by atoms with E-state index in [-0.39, 0.29) is 0 Å². The van der Waals surface area contributed by atoms with Gasteiger partial charge in [-0.3, -0.25) is 0 Å². The summed E-state index contributed by atoms with van der Waals surface area (Å²) in [6.07, 6.45) is 0. The van der Waals surface area contributed by atoms with E-state index in [4.69, 9.17) is 70.6 Å². The van der Waals surface area contributed by atoms with Gasteiger partial charge in [-0.2, -0.15) is 0 Å². The van der Waals surface area contributed by atoms with Gasteiger partial charge in [-0.15, -0.1) is 0 Å². The molecule has 0 saturated carbocycles. The molecule has 0 aromatic carbocycles. The molecule has 0 heterocycles. The molecule has 0 spiro atoms. The third kappa shape index (κ3) is 42.8. The summed E-state index contributed by atoms with van der Waals surface area (Å²) in [5, 5.41) is 0. The normalized spacial score (nSPS) is 12.5. The average Bonchev–Trinajstić information content (AvgIpc) is 2.67. The first-order chi connectivity index (χ1) is 16.6. The van der Waals surface area contributed by atoms with Crippen LogP contribution < -0.4 is 0 Å². The number of alkyl halides is 1. The van der Waals surface area contributed by atoms with Crippen molar-refractivity contribution in [3.8, 4) is 0 Å². The summed E-state index contributed by atoms with van der Waals surface area (Å²) in [5.41, 5.74) is 0. The Hall–Kier alpha value is 4.66. The van der Waals surface area contributed by atoms with Gasteiger partial charge in [-0.1, -0.05) is 0 Å². The Bertz CT molecular complexity index is 500. The van der Waals surface area contributed by atoms with Crippen LogP contribution in [0.3, 0.4) is 0 Å². The van der Waals surface area contributed by atoms with Gasteiger partial charge in [0, 0.05) is 0 Å². The summed E-state index contributed by atoms with van der Waals surface area (Å²) in [4.78, 5) is 0. The fourth-order valence-corrected chi connectivity index (χ4v) is 38.0. The fraction of sp³-hybridized carbons (Fsp3) is 1.00. The van der Waals surface area contributed by atoms with E-state index in [1.165, 1.54) is 0 Å². The fourth-order valence-electron chi connectivity index (χ4n) is 2.67. The molecule has 0 atom stereocenters. The predicted molar refractivity (Wildman–Crippen MR) is 182 cm³/mol. The minimum absolute atomic E-state index is 0.667. The molecule has 0 aliphatic heterocycles. The Morgan fingerprint density at radius 2 is 0.838 bits per heavy atom. The third-order valence-electron chi connectivity index (χ3n) is 3.61. The standard InChI is InChI=1S/C5H13BrGeO.C5H13GeO.C4H11ClGeO.3C2H5O.Cl4Ge.Sn/c1-4-8-7(2,3)5-6;1-5-7-6(2,3)4;1-4-7-6(2,3)5;3*1-2-3;1-5(2,3)4;/h4-5H2,1-3H3;2,5H2,1,3-4H3;4H2,1-3H3;3*2H2,1H3;;/q;;;3*-1;;+3.